The maximum Gasteiger partial charge on any atom is 0.382 e. The molecule has 2 aromatic heterocycles. The zero-order chi connectivity index (χ0) is 19.1. The highest BCUT2D eigenvalue weighted by Gasteiger charge is 2.30. The monoisotopic (exact) mass is 364 g/mol. The predicted octanol–water partition coefficient (Wildman–Crippen LogP) is 3.94. The molecule has 2 aromatic rings. The SMILES string of the molecule is CCCCCn1cc([N+](=O)[O-])nc1-c1nc([N+](=O)[O-])cn1CCCCC. The molecule has 0 fully saturated rings. The fraction of sp³-hybridized carbons (Fsp3) is 0.625. The standard InChI is InChI=1S/C16H24N6O4/c1-3-5-7-9-19-11-13(21(23)24)17-15(19)16-18-14(22(25)26)12-20(16)10-8-6-4-2/h11-12H,3-10H2,1-2H3. The molecule has 10 nitrogen and oxygen atoms in total. The lowest BCUT2D eigenvalue weighted by molar-refractivity contribution is -0.389. The molecular formula is C16H24N6O4. The van der Waals surface area contributed by atoms with Crippen molar-refractivity contribution in [1.82, 2.24) is 19.1 Å². The van der Waals surface area contributed by atoms with E-state index >= 15 is 0 Å². The van der Waals surface area contributed by atoms with Crippen LogP contribution in [0.15, 0.2) is 12.4 Å². The smallest absolute Gasteiger partial charge is 0.358 e. The molecule has 0 bridgehead atoms. The van der Waals surface area contributed by atoms with Crippen molar-refractivity contribution in [1.29, 1.82) is 0 Å². The van der Waals surface area contributed by atoms with Crippen molar-refractivity contribution in [3.05, 3.63) is 32.6 Å². The van der Waals surface area contributed by atoms with Gasteiger partial charge in [-0.2, -0.15) is 0 Å². The number of hydrogen-bond donors (Lipinski definition) is 0. The van der Waals surface area contributed by atoms with E-state index in [2.05, 4.69) is 23.8 Å². The van der Waals surface area contributed by atoms with Crippen LogP contribution in [0.5, 0.6) is 0 Å². The number of nitrogens with zero attached hydrogens (tertiary/aromatic N) is 6. The minimum Gasteiger partial charge on any atom is -0.358 e. The molecule has 0 aliphatic carbocycles. The zero-order valence-corrected chi connectivity index (χ0v) is 15.1. The first kappa shape index (κ1) is 19.5. The molecule has 0 unspecified atom stereocenters. The van der Waals surface area contributed by atoms with Gasteiger partial charge in [-0.15, -0.1) is 0 Å². The van der Waals surface area contributed by atoms with E-state index in [1.165, 1.54) is 12.4 Å². The van der Waals surface area contributed by atoms with Gasteiger partial charge in [0.05, 0.1) is 0 Å². The van der Waals surface area contributed by atoms with Crippen molar-refractivity contribution in [2.45, 2.75) is 65.5 Å². The number of rotatable bonds is 11. The van der Waals surface area contributed by atoms with Crippen molar-refractivity contribution < 1.29 is 9.85 Å². The lowest BCUT2D eigenvalue weighted by atomic mass is 10.2. The fourth-order valence-electron chi connectivity index (χ4n) is 2.74. The Kier molecular flexibility index (Phi) is 6.81. The van der Waals surface area contributed by atoms with Gasteiger partial charge >= 0.3 is 23.3 Å². The van der Waals surface area contributed by atoms with E-state index in [4.69, 9.17) is 0 Å². The quantitative estimate of drug-likeness (QED) is 0.338. The highest BCUT2D eigenvalue weighted by molar-refractivity contribution is 5.51. The predicted molar refractivity (Wildman–Crippen MR) is 95.8 cm³/mol. The van der Waals surface area contributed by atoms with Crippen molar-refractivity contribution in [2.24, 2.45) is 0 Å². The van der Waals surface area contributed by atoms with E-state index < -0.39 is 9.85 Å². The number of hydrogen-bond acceptors (Lipinski definition) is 6. The molecular weight excluding hydrogens is 340 g/mol. The highest BCUT2D eigenvalue weighted by atomic mass is 16.6. The van der Waals surface area contributed by atoms with Crippen molar-refractivity contribution in [2.75, 3.05) is 0 Å². The Morgan fingerprint density at radius 2 is 1.19 bits per heavy atom. The maximum atomic E-state index is 11.1. The summed E-state index contributed by atoms with van der Waals surface area (Å²) in [6.07, 6.45) is 8.44. The topological polar surface area (TPSA) is 122 Å². The molecule has 0 aliphatic heterocycles. The second-order valence-corrected chi connectivity index (χ2v) is 6.16. The van der Waals surface area contributed by atoms with E-state index in [1.807, 2.05) is 0 Å². The number of unbranched alkanes of at least 4 members (excludes halogenated alkanes) is 4. The van der Waals surface area contributed by atoms with Crippen molar-refractivity contribution in [3.8, 4) is 11.6 Å². The van der Waals surface area contributed by atoms with Gasteiger partial charge in [-0.3, -0.25) is 9.13 Å². The third-order valence-electron chi connectivity index (χ3n) is 4.11. The molecule has 0 atom stereocenters. The molecule has 0 radical (unpaired) electrons. The lowest BCUT2D eigenvalue weighted by Crippen LogP contribution is -2.06. The molecule has 0 aromatic carbocycles. The van der Waals surface area contributed by atoms with Gasteiger partial charge in [0.1, 0.15) is 12.4 Å². The molecule has 142 valence electrons. The fourth-order valence-corrected chi connectivity index (χ4v) is 2.74. The Hall–Kier alpha value is -2.78. The lowest BCUT2D eigenvalue weighted by Gasteiger charge is -2.04. The van der Waals surface area contributed by atoms with Gasteiger partial charge in [0.2, 0.25) is 0 Å². The molecule has 0 amide bonds. The molecule has 0 saturated carbocycles. The maximum absolute atomic E-state index is 11.1. The van der Waals surface area contributed by atoms with Crippen LogP contribution >= 0.6 is 0 Å². The summed E-state index contributed by atoms with van der Waals surface area (Å²) in [4.78, 5) is 29.3. The van der Waals surface area contributed by atoms with E-state index in [-0.39, 0.29) is 11.6 Å². The summed E-state index contributed by atoms with van der Waals surface area (Å²) in [6.45, 7) is 5.25. The van der Waals surface area contributed by atoms with Crippen LogP contribution in [0.4, 0.5) is 11.6 Å². The molecule has 0 spiro atoms. The number of imidazole rings is 2. The third kappa shape index (κ3) is 4.64. The summed E-state index contributed by atoms with van der Waals surface area (Å²) < 4.78 is 3.35. The summed E-state index contributed by atoms with van der Waals surface area (Å²) in [7, 11) is 0. The second-order valence-electron chi connectivity index (χ2n) is 6.16. The first-order valence-electron chi connectivity index (χ1n) is 8.91. The average molecular weight is 364 g/mol. The van der Waals surface area contributed by atoms with Crippen molar-refractivity contribution in [3.63, 3.8) is 0 Å². The normalized spacial score (nSPS) is 11.0. The molecule has 0 aliphatic rings. The number of aryl methyl sites for hydroxylation is 2. The molecule has 10 heteroatoms. The van der Waals surface area contributed by atoms with Crippen LogP contribution < -0.4 is 0 Å². The van der Waals surface area contributed by atoms with Crippen LogP contribution in [0, 0.1) is 20.2 Å². The zero-order valence-electron chi connectivity index (χ0n) is 15.1. The van der Waals surface area contributed by atoms with E-state index in [1.54, 1.807) is 9.13 Å². The van der Waals surface area contributed by atoms with Gasteiger partial charge in [-0.05, 0) is 32.7 Å². The Morgan fingerprint density at radius 3 is 1.50 bits per heavy atom. The molecule has 2 rings (SSSR count). The van der Waals surface area contributed by atoms with Crippen LogP contribution in [-0.4, -0.2) is 28.9 Å². The highest BCUT2D eigenvalue weighted by Crippen LogP contribution is 2.25. The Balaban J connectivity index is 2.43. The van der Waals surface area contributed by atoms with Gasteiger partial charge in [0.15, 0.2) is 0 Å². The molecule has 0 N–H and O–H groups in total. The Bertz CT molecular complexity index is 703. The van der Waals surface area contributed by atoms with Crippen molar-refractivity contribution >= 4 is 11.6 Å². The number of aromatic nitrogens is 4. The van der Waals surface area contributed by atoms with Crippen LogP contribution in [0.1, 0.15) is 52.4 Å². The van der Waals surface area contributed by atoms with Gasteiger partial charge in [-0.1, -0.05) is 39.5 Å². The van der Waals surface area contributed by atoms with Crippen LogP contribution in [-0.2, 0) is 13.1 Å². The van der Waals surface area contributed by atoms with E-state index in [9.17, 15) is 20.2 Å². The Morgan fingerprint density at radius 1 is 0.808 bits per heavy atom. The minimum absolute atomic E-state index is 0.276. The second kappa shape index (κ2) is 9.07. The summed E-state index contributed by atoms with van der Waals surface area (Å²) in [5, 5.41) is 22.3. The van der Waals surface area contributed by atoms with Gasteiger partial charge < -0.3 is 20.2 Å². The summed E-state index contributed by atoms with van der Waals surface area (Å²) in [5.74, 6) is 0.0549. The largest absolute Gasteiger partial charge is 0.382 e. The van der Waals surface area contributed by atoms with Crippen LogP contribution in [0.3, 0.4) is 0 Å². The van der Waals surface area contributed by atoms with Gasteiger partial charge in [-0.25, -0.2) is 0 Å². The molecule has 0 saturated heterocycles. The minimum atomic E-state index is -0.557. The van der Waals surface area contributed by atoms with Crippen LogP contribution in [0.25, 0.3) is 11.6 Å². The molecule has 2 heterocycles. The summed E-state index contributed by atoms with van der Waals surface area (Å²) in [6, 6.07) is 0. The number of nitro groups is 2. The van der Waals surface area contributed by atoms with Crippen LogP contribution in [0.2, 0.25) is 0 Å². The average Bonchev–Trinajstić information content (AvgIpc) is 3.19. The summed E-state index contributed by atoms with van der Waals surface area (Å²) in [5.41, 5.74) is 0. The first-order chi connectivity index (χ1) is 12.5. The third-order valence-corrected chi connectivity index (χ3v) is 4.11. The Labute approximate surface area is 151 Å². The first-order valence-corrected chi connectivity index (χ1v) is 8.91. The van der Waals surface area contributed by atoms with Gasteiger partial charge in [0, 0.05) is 13.1 Å². The van der Waals surface area contributed by atoms with E-state index in [0.29, 0.717) is 24.7 Å². The summed E-state index contributed by atoms with van der Waals surface area (Å²) >= 11 is 0. The van der Waals surface area contributed by atoms with E-state index in [0.717, 1.165) is 38.5 Å². The molecule has 26 heavy (non-hydrogen) atoms. The van der Waals surface area contributed by atoms with Gasteiger partial charge in [0.25, 0.3) is 0 Å².